The van der Waals surface area contributed by atoms with Gasteiger partial charge in [-0.1, -0.05) is 11.6 Å². The second-order valence-corrected chi connectivity index (χ2v) is 12.3. The Bertz CT molecular complexity index is 1870. The van der Waals surface area contributed by atoms with E-state index in [2.05, 4.69) is 9.72 Å². The van der Waals surface area contributed by atoms with Crippen LogP contribution in [0.1, 0.15) is 32.9 Å². The molecule has 0 aliphatic heterocycles. The van der Waals surface area contributed by atoms with Crippen molar-refractivity contribution >= 4 is 34.8 Å². The van der Waals surface area contributed by atoms with E-state index in [1.807, 2.05) is 0 Å². The van der Waals surface area contributed by atoms with Gasteiger partial charge in [-0.05, 0) is 76.6 Å². The molecule has 274 valence electrons. The highest BCUT2D eigenvalue weighted by atomic mass is 35.5. The van der Waals surface area contributed by atoms with E-state index in [0.29, 0.717) is 28.8 Å². The first kappa shape index (κ1) is 38.6. The number of carbonyl (C=O) groups excluding carboxylic acids is 2. The Morgan fingerprint density at radius 2 is 1.61 bits per heavy atom. The van der Waals surface area contributed by atoms with Crippen molar-refractivity contribution < 1.29 is 60.3 Å². The number of pyridine rings is 1. The van der Waals surface area contributed by atoms with E-state index in [1.54, 1.807) is 40.8 Å². The van der Waals surface area contributed by atoms with Crippen LogP contribution >= 0.6 is 11.6 Å². The molecule has 0 saturated heterocycles. The van der Waals surface area contributed by atoms with Crippen LogP contribution in [-0.2, 0) is 14.2 Å². The Labute approximate surface area is 295 Å². The van der Waals surface area contributed by atoms with E-state index in [4.69, 9.17) is 40.0 Å². The number of ether oxygens (including phenoxy) is 7. The lowest BCUT2D eigenvalue weighted by Crippen LogP contribution is -2.35. The highest BCUT2D eigenvalue weighted by Gasteiger charge is 2.31. The number of carbonyl (C=O) groups is 2. The van der Waals surface area contributed by atoms with Gasteiger partial charge in [0.25, 0.3) is 0 Å². The normalized spacial score (nSPS) is 11.5. The minimum Gasteiger partial charge on any atom is -0.495 e. The number of amides is 1. The average Bonchev–Trinajstić information content (AvgIpc) is 3.03. The number of halogens is 5. The summed E-state index contributed by atoms with van der Waals surface area (Å²) in [4.78, 5) is 30.4. The number of nitrogens with zero attached hydrogens (tertiary/aromatic N) is 2. The lowest BCUT2D eigenvalue weighted by Gasteiger charge is -2.24. The monoisotopic (exact) mass is 738 g/mol. The maximum atomic E-state index is 15.8. The van der Waals surface area contributed by atoms with E-state index in [9.17, 15) is 22.8 Å². The van der Waals surface area contributed by atoms with Crippen LogP contribution in [0.25, 0.3) is 22.0 Å². The quantitative estimate of drug-likeness (QED) is 0.0603. The average molecular weight is 739 g/mol. The maximum absolute atomic E-state index is 15.8. The van der Waals surface area contributed by atoms with Gasteiger partial charge in [-0.25, -0.2) is 14.0 Å². The molecule has 11 nitrogen and oxygen atoms in total. The number of hydrogen-bond donors (Lipinski definition) is 0. The number of rotatable bonds is 12. The third-order valence-corrected chi connectivity index (χ3v) is 7.13. The van der Waals surface area contributed by atoms with Crippen molar-refractivity contribution in [3.63, 3.8) is 0 Å². The highest BCUT2D eigenvalue weighted by Crippen LogP contribution is 2.43. The number of benzene rings is 3. The molecule has 1 heterocycles. The fraction of sp³-hybridized carbons (Fsp3) is 0.343. The van der Waals surface area contributed by atoms with Crippen molar-refractivity contribution in [1.29, 1.82) is 0 Å². The summed E-state index contributed by atoms with van der Waals surface area (Å²) in [5, 5.41) is 0.559. The van der Waals surface area contributed by atoms with Crippen molar-refractivity contribution in [2.45, 2.75) is 46.1 Å². The summed E-state index contributed by atoms with van der Waals surface area (Å²) in [6, 6.07) is 11.6. The van der Waals surface area contributed by atoms with E-state index < -0.39 is 42.6 Å². The van der Waals surface area contributed by atoms with Gasteiger partial charge in [0.2, 0.25) is 6.79 Å². The molecule has 0 aliphatic rings. The molecular formula is C35H35ClF4N2O9. The Morgan fingerprint density at radius 1 is 0.941 bits per heavy atom. The molecule has 0 unspecified atom stereocenters. The van der Waals surface area contributed by atoms with Crippen LogP contribution in [0.5, 0.6) is 28.7 Å². The fourth-order valence-electron chi connectivity index (χ4n) is 4.65. The predicted octanol–water partition coefficient (Wildman–Crippen LogP) is 9.45. The Morgan fingerprint density at radius 3 is 2.24 bits per heavy atom. The van der Waals surface area contributed by atoms with Gasteiger partial charge in [-0.15, -0.1) is 13.2 Å². The van der Waals surface area contributed by atoms with Gasteiger partial charge in [0.1, 0.15) is 40.2 Å². The number of aromatic nitrogens is 1. The molecule has 51 heavy (non-hydrogen) atoms. The standard InChI is InChI=1S/C35H35ClF4N2O9/c1-20-30(24-13-12-23(16-27(24)37)49-21-8-10-22(11-9-21)50-35(38,39)40)31(25-17-26(36)29(45-6)18-28(25)41-20)47-19-48-33(44)46-15-7-14-42(5)32(43)51-34(2,3)4/h8-13,16-18H,7,14-15,19H2,1-6H3. The van der Waals surface area contributed by atoms with Crippen LogP contribution in [0.15, 0.2) is 54.6 Å². The number of aryl methyl sites for hydroxylation is 1. The summed E-state index contributed by atoms with van der Waals surface area (Å²) < 4.78 is 89.4. The summed E-state index contributed by atoms with van der Waals surface area (Å²) in [7, 11) is 2.99. The van der Waals surface area contributed by atoms with Crippen LogP contribution in [0, 0.1) is 12.7 Å². The van der Waals surface area contributed by atoms with Gasteiger partial charge in [-0.2, -0.15) is 0 Å². The maximum Gasteiger partial charge on any atom is 0.573 e. The van der Waals surface area contributed by atoms with E-state index >= 15 is 4.39 Å². The third-order valence-electron chi connectivity index (χ3n) is 6.84. The summed E-state index contributed by atoms with van der Waals surface area (Å²) >= 11 is 6.41. The topological polar surface area (TPSA) is 115 Å². The van der Waals surface area contributed by atoms with Crippen molar-refractivity contribution in [2.24, 2.45) is 0 Å². The Kier molecular flexibility index (Phi) is 12.3. The van der Waals surface area contributed by atoms with Crippen LogP contribution < -0.4 is 18.9 Å². The summed E-state index contributed by atoms with van der Waals surface area (Å²) in [6.45, 7) is 6.44. The molecule has 0 radical (unpaired) electrons. The zero-order chi connectivity index (χ0) is 37.5. The molecule has 16 heteroatoms. The van der Waals surface area contributed by atoms with Gasteiger partial charge < -0.3 is 38.1 Å². The lowest BCUT2D eigenvalue weighted by atomic mass is 9.99. The second-order valence-electron chi connectivity index (χ2n) is 11.9. The molecule has 4 rings (SSSR count). The van der Waals surface area contributed by atoms with Gasteiger partial charge in [0, 0.05) is 47.9 Å². The smallest absolute Gasteiger partial charge is 0.495 e. The molecule has 0 atom stereocenters. The van der Waals surface area contributed by atoms with Gasteiger partial charge in [0.05, 0.1) is 24.3 Å². The van der Waals surface area contributed by atoms with Crippen molar-refractivity contribution in [3.05, 3.63) is 71.1 Å². The Balaban J connectivity index is 1.50. The van der Waals surface area contributed by atoms with E-state index in [0.717, 1.165) is 18.2 Å². The molecule has 0 saturated carbocycles. The largest absolute Gasteiger partial charge is 0.573 e. The predicted molar refractivity (Wildman–Crippen MR) is 178 cm³/mol. The van der Waals surface area contributed by atoms with Crippen molar-refractivity contribution in [2.75, 3.05) is 34.1 Å². The zero-order valence-electron chi connectivity index (χ0n) is 28.5. The lowest BCUT2D eigenvalue weighted by molar-refractivity contribution is -0.274. The molecular weight excluding hydrogens is 704 g/mol. The van der Waals surface area contributed by atoms with Gasteiger partial charge in [-0.3, -0.25) is 4.98 Å². The number of methoxy groups -OCH3 is 1. The molecule has 3 aromatic carbocycles. The van der Waals surface area contributed by atoms with Gasteiger partial charge >= 0.3 is 18.6 Å². The van der Waals surface area contributed by atoms with E-state index in [1.165, 1.54) is 42.3 Å². The first-order chi connectivity index (χ1) is 23.9. The molecule has 0 fully saturated rings. The molecule has 1 aromatic heterocycles. The fourth-order valence-corrected chi connectivity index (χ4v) is 4.89. The summed E-state index contributed by atoms with van der Waals surface area (Å²) in [6.07, 6.45) is -6.10. The van der Waals surface area contributed by atoms with Crippen LogP contribution in [0.4, 0.5) is 27.2 Å². The Hall–Kier alpha value is -5.18. The minimum atomic E-state index is -4.85. The highest BCUT2D eigenvalue weighted by molar-refractivity contribution is 6.33. The molecule has 4 aromatic rings. The molecule has 0 spiro atoms. The van der Waals surface area contributed by atoms with Crippen LogP contribution in [-0.4, -0.2) is 68.2 Å². The molecule has 1 amide bonds. The minimum absolute atomic E-state index is 0.0433. The third kappa shape index (κ3) is 10.9. The summed E-state index contributed by atoms with van der Waals surface area (Å²) in [5.41, 5.74) is 0.335. The van der Waals surface area contributed by atoms with Crippen LogP contribution in [0.3, 0.4) is 0 Å². The van der Waals surface area contributed by atoms with E-state index in [-0.39, 0.29) is 46.5 Å². The second kappa shape index (κ2) is 16.2. The molecule has 0 bridgehead atoms. The number of fused-ring (bicyclic) bond motifs is 1. The van der Waals surface area contributed by atoms with Crippen LogP contribution in [0.2, 0.25) is 5.02 Å². The number of alkyl halides is 3. The first-order valence-electron chi connectivity index (χ1n) is 15.3. The first-order valence-corrected chi connectivity index (χ1v) is 15.7. The zero-order valence-corrected chi connectivity index (χ0v) is 29.2. The number of hydrogen-bond acceptors (Lipinski definition) is 10. The SMILES string of the molecule is COc1cc2nc(C)c(-c3ccc(Oc4ccc(OC(F)(F)F)cc4)cc3F)c(OCOC(=O)OCCCN(C)C(=O)OC(C)(C)C)c2cc1Cl. The molecule has 0 N–H and O–H groups in total. The van der Waals surface area contributed by atoms with Crippen molar-refractivity contribution in [3.8, 4) is 39.9 Å². The van der Waals surface area contributed by atoms with Crippen molar-refractivity contribution in [1.82, 2.24) is 9.88 Å². The molecule has 0 aliphatic carbocycles. The summed E-state index contributed by atoms with van der Waals surface area (Å²) in [5.74, 6) is -0.604. The van der Waals surface area contributed by atoms with Gasteiger partial charge in [0.15, 0.2) is 0 Å².